The van der Waals surface area contributed by atoms with Crippen molar-refractivity contribution in [2.45, 2.75) is 33.0 Å². The van der Waals surface area contributed by atoms with E-state index >= 15 is 0 Å². The summed E-state index contributed by atoms with van der Waals surface area (Å²) in [6.07, 6.45) is 2.06. The summed E-state index contributed by atoms with van der Waals surface area (Å²) in [4.78, 5) is 0. The third-order valence-electron chi connectivity index (χ3n) is 4.60. The van der Waals surface area contributed by atoms with Gasteiger partial charge in [0.2, 0.25) is 0 Å². The first-order valence-electron chi connectivity index (χ1n) is 9.14. The van der Waals surface area contributed by atoms with Crippen LogP contribution in [0, 0.1) is 6.92 Å². The van der Waals surface area contributed by atoms with Crippen LogP contribution in [0.5, 0.6) is 11.5 Å². The summed E-state index contributed by atoms with van der Waals surface area (Å²) in [6, 6.07) is 16.4. The maximum atomic E-state index is 5.93. The van der Waals surface area contributed by atoms with Gasteiger partial charge in [-0.3, -0.25) is 4.68 Å². The lowest BCUT2D eigenvalue weighted by Crippen LogP contribution is -2.18. The standard InChI is InChI=1S/C22H27N3O2/c1-16(20-14-25(3)24-17(20)2)23-13-19-10-11-21(22(12-19)26-4)27-15-18-8-6-5-7-9-18/h5-12,14,16,23H,13,15H2,1-4H3. The Morgan fingerprint density at radius 1 is 1.07 bits per heavy atom. The summed E-state index contributed by atoms with van der Waals surface area (Å²) < 4.78 is 13.3. The summed E-state index contributed by atoms with van der Waals surface area (Å²) in [5.74, 6) is 1.50. The second-order valence-corrected chi connectivity index (χ2v) is 6.71. The maximum absolute atomic E-state index is 5.93. The van der Waals surface area contributed by atoms with Crippen LogP contribution in [0.25, 0.3) is 0 Å². The number of rotatable bonds is 8. The zero-order valence-corrected chi connectivity index (χ0v) is 16.4. The van der Waals surface area contributed by atoms with E-state index in [1.807, 2.05) is 61.1 Å². The highest BCUT2D eigenvalue weighted by molar-refractivity contribution is 5.43. The van der Waals surface area contributed by atoms with Crippen LogP contribution in [0.1, 0.15) is 35.3 Å². The molecule has 3 aromatic rings. The minimum absolute atomic E-state index is 0.221. The van der Waals surface area contributed by atoms with Gasteiger partial charge >= 0.3 is 0 Å². The Morgan fingerprint density at radius 2 is 1.85 bits per heavy atom. The van der Waals surface area contributed by atoms with E-state index in [-0.39, 0.29) is 6.04 Å². The normalized spacial score (nSPS) is 12.0. The molecule has 0 bridgehead atoms. The highest BCUT2D eigenvalue weighted by atomic mass is 16.5. The smallest absolute Gasteiger partial charge is 0.161 e. The summed E-state index contributed by atoms with van der Waals surface area (Å²) >= 11 is 0. The van der Waals surface area contributed by atoms with E-state index in [0.717, 1.165) is 34.9 Å². The van der Waals surface area contributed by atoms with Gasteiger partial charge in [-0.05, 0) is 37.1 Å². The van der Waals surface area contributed by atoms with Crippen LogP contribution in [0.15, 0.2) is 54.7 Å². The highest BCUT2D eigenvalue weighted by Gasteiger charge is 2.12. The van der Waals surface area contributed by atoms with Crippen LogP contribution in [0.3, 0.4) is 0 Å². The van der Waals surface area contributed by atoms with Gasteiger partial charge in [0.15, 0.2) is 11.5 Å². The van der Waals surface area contributed by atoms with Crippen molar-refractivity contribution in [1.82, 2.24) is 15.1 Å². The third-order valence-corrected chi connectivity index (χ3v) is 4.60. The quantitative estimate of drug-likeness (QED) is 0.651. The van der Waals surface area contributed by atoms with E-state index in [0.29, 0.717) is 6.61 Å². The summed E-state index contributed by atoms with van der Waals surface area (Å²) in [7, 11) is 3.62. The molecule has 1 atom stereocenters. The Hall–Kier alpha value is -2.79. The molecular formula is C22H27N3O2. The number of nitrogens with one attached hydrogen (secondary N) is 1. The molecule has 3 rings (SSSR count). The molecule has 5 heteroatoms. The molecule has 142 valence electrons. The topological polar surface area (TPSA) is 48.3 Å². The summed E-state index contributed by atoms with van der Waals surface area (Å²) in [5, 5.41) is 7.96. The van der Waals surface area contributed by atoms with Crippen molar-refractivity contribution in [2.75, 3.05) is 7.11 Å². The van der Waals surface area contributed by atoms with Crippen LogP contribution >= 0.6 is 0 Å². The number of hydrogen-bond acceptors (Lipinski definition) is 4. The van der Waals surface area contributed by atoms with Crippen molar-refractivity contribution >= 4 is 0 Å². The van der Waals surface area contributed by atoms with Gasteiger partial charge < -0.3 is 14.8 Å². The van der Waals surface area contributed by atoms with Crippen LogP contribution in [-0.4, -0.2) is 16.9 Å². The number of methoxy groups -OCH3 is 1. The molecule has 0 fully saturated rings. The van der Waals surface area contributed by atoms with Crippen molar-refractivity contribution < 1.29 is 9.47 Å². The largest absolute Gasteiger partial charge is 0.493 e. The monoisotopic (exact) mass is 365 g/mol. The van der Waals surface area contributed by atoms with Gasteiger partial charge in [0.05, 0.1) is 12.8 Å². The van der Waals surface area contributed by atoms with Crippen molar-refractivity contribution in [3.05, 3.63) is 77.1 Å². The zero-order chi connectivity index (χ0) is 19.2. The lowest BCUT2D eigenvalue weighted by molar-refractivity contribution is 0.284. The summed E-state index contributed by atoms with van der Waals surface area (Å²) in [5.41, 5.74) is 4.55. The maximum Gasteiger partial charge on any atom is 0.161 e. The number of aromatic nitrogens is 2. The van der Waals surface area contributed by atoms with Gasteiger partial charge in [-0.25, -0.2) is 0 Å². The first kappa shape index (κ1) is 19.0. The first-order valence-corrected chi connectivity index (χ1v) is 9.14. The third kappa shape index (κ3) is 4.89. The fraction of sp³-hybridized carbons (Fsp3) is 0.318. The Bertz CT molecular complexity index is 875. The average molecular weight is 365 g/mol. The molecule has 0 spiro atoms. The minimum atomic E-state index is 0.221. The molecule has 1 heterocycles. The van der Waals surface area contributed by atoms with Crippen LogP contribution in [-0.2, 0) is 20.2 Å². The Kier molecular flexibility index (Phi) is 6.14. The molecule has 1 aromatic heterocycles. The lowest BCUT2D eigenvalue weighted by atomic mass is 10.1. The van der Waals surface area contributed by atoms with Crippen molar-refractivity contribution in [1.29, 1.82) is 0 Å². The molecular weight excluding hydrogens is 338 g/mol. The number of aryl methyl sites for hydroxylation is 2. The van der Waals surface area contributed by atoms with Gasteiger partial charge in [-0.1, -0.05) is 36.4 Å². The fourth-order valence-corrected chi connectivity index (χ4v) is 3.10. The Morgan fingerprint density at radius 3 is 2.52 bits per heavy atom. The van der Waals surface area contributed by atoms with Gasteiger partial charge in [0.25, 0.3) is 0 Å². The van der Waals surface area contributed by atoms with Crippen molar-refractivity contribution in [3.63, 3.8) is 0 Å². The van der Waals surface area contributed by atoms with E-state index in [1.165, 1.54) is 5.56 Å². The van der Waals surface area contributed by atoms with Crippen LogP contribution in [0.2, 0.25) is 0 Å². The number of ether oxygens (including phenoxy) is 2. The molecule has 0 aliphatic rings. The second-order valence-electron chi connectivity index (χ2n) is 6.71. The van der Waals surface area contributed by atoms with Gasteiger partial charge in [0.1, 0.15) is 6.61 Å². The van der Waals surface area contributed by atoms with E-state index in [2.05, 4.69) is 29.6 Å². The minimum Gasteiger partial charge on any atom is -0.493 e. The molecule has 0 aliphatic carbocycles. The zero-order valence-electron chi connectivity index (χ0n) is 16.4. The predicted octanol–water partition coefficient (Wildman–Crippen LogP) is 4.17. The van der Waals surface area contributed by atoms with Crippen molar-refractivity contribution in [2.24, 2.45) is 7.05 Å². The van der Waals surface area contributed by atoms with Gasteiger partial charge in [0, 0.05) is 31.4 Å². The molecule has 0 saturated carbocycles. The molecule has 1 N–H and O–H groups in total. The van der Waals surface area contributed by atoms with E-state index in [4.69, 9.17) is 9.47 Å². The first-order chi connectivity index (χ1) is 13.1. The lowest BCUT2D eigenvalue weighted by Gasteiger charge is -2.15. The number of hydrogen-bond donors (Lipinski definition) is 1. The molecule has 5 nitrogen and oxygen atoms in total. The molecule has 0 radical (unpaired) electrons. The van der Waals surface area contributed by atoms with E-state index in [1.54, 1.807) is 7.11 Å². The van der Waals surface area contributed by atoms with Crippen molar-refractivity contribution in [3.8, 4) is 11.5 Å². The molecule has 27 heavy (non-hydrogen) atoms. The average Bonchev–Trinajstić information content (AvgIpc) is 3.03. The highest BCUT2D eigenvalue weighted by Crippen LogP contribution is 2.29. The predicted molar refractivity (Wildman–Crippen MR) is 107 cm³/mol. The van der Waals surface area contributed by atoms with E-state index < -0.39 is 0 Å². The molecule has 0 saturated heterocycles. The molecule has 0 aliphatic heterocycles. The van der Waals surface area contributed by atoms with E-state index in [9.17, 15) is 0 Å². The fourth-order valence-electron chi connectivity index (χ4n) is 3.10. The number of nitrogens with zero attached hydrogens (tertiary/aromatic N) is 2. The molecule has 1 unspecified atom stereocenters. The van der Waals surface area contributed by atoms with Gasteiger partial charge in [-0.2, -0.15) is 5.10 Å². The SMILES string of the molecule is COc1cc(CNC(C)c2cn(C)nc2C)ccc1OCc1ccccc1. The van der Waals surface area contributed by atoms with Crippen LogP contribution < -0.4 is 14.8 Å². The number of benzene rings is 2. The summed E-state index contributed by atoms with van der Waals surface area (Å²) in [6.45, 7) is 5.45. The Labute approximate surface area is 160 Å². The van der Waals surface area contributed by atoms with Crippen LogP contribution in [0.4, 0.5) is 0 Å². The molecule has 2 aromatic carbocycles. The molecule has 0 amide bonds. The van der Waals surface area contributed by atoms with Gasteiger partial charge in [-0.15, -0.1) is 0 Å². The second kappa shape index (κ2) is 8.73. The Balaban J connectivity index is 1.62.